The van der Waals surface area contributed by atoms with E-state index >= 15 is 0 Å². The minimum Gasteiger partial charge on any atom is -0.481 e. The van der Waals surface area contributed by atoms with E-state index in [9.17, 15) is 8.42 Å². The summed E-state index contributed by atoms with van der Waals surface area (Å²) in [6.07, 6.45) is 5.01. The Hall–Kier alpha value is -1.18. The van der Waals surface area contributed by atoms with Crippen LogP contribution >= 0.6 is 0 Å². The van der Waals surface area contributed by atoms with Gasteiger partial charge in [-0.3, -0.25) is 0 Å². The van der Waals surface area contributed by atoms with E-state index in [2.05, 4.69) is 10.3 Å². The third-order valence-corrected chi connectivity index (χ3v) is 4.99. The van der Waals surface area contributed by atoms with Crippen LogP contribution in [0.5, 0.6) is 5.88 Å². The lowest BCUT2D eigenvalue weighted by atomic mass is 10.00. The Morgan fingerprint density at radius 3 is 3.05 bits per heavy atom. The summed E-state index contributed by atoms with van der Waals surface area (Å²) in [4.78, 5) is 4.07. The molecule has 2 heterocycles. The number of hydrogen-bond donors (Lipinski definition) is 1. The molecule has 118 valence electrons. The molecule has 7 heteroatoms. The van der Waals surface area contributed by atoms with Gasteiger partial charge in [0, 0.05) is 31.9 Å². The van der Waals surface area contributed by atoms with Gasteiger partial charge in [0.15, 0.2) is 0 Å². The van der Waals surface area contributed by atoms with Crippen LogP contribution in [-0.4, -0.2) is 50.7 Å². The number of piperidine rings is 1. The van der Waals surface area contributed by atoms with Gasteiger partial charge in [-0.25, -0.2) is 17.7 Å². The second kappa shape index (κ2) is 7.20. The molecule has 0 aliphatic carbocycles. The SMILES string of the molecule is COc1cc(CNCC2CCCN(S(C)(=O)=O)C2)ccn1. The number of methoxy groups -OCH3 is 1. The average molecular weight is 313 g/mol. The van der Waals surface area contributed by atoms with Crippen molar-refractivity contribution in [2.24, 2.45) is 5.92 Å². The van der Waals surface area contributed by atoms with Gasteiger partial charge in [-0.05, 0) is 36.9 Å². The highest BCUT2D eigenvalue weighted by Crippen LogP contribution is 2.18. The molecule has 0 bridgehead atoms. The fourth-order valence-electron chi connectivity index (χ4n) is 2.59. The van der Waals surface area contributed by atoms with Crippen molar-refractivity contribution < 1.29 is 13.2 Å². The molecule has 0 spiro atoms. The van der Waals surface area contributed by atoms with E-state index in [-0.39, 0.29) is 0 Å². The van der Waals surface area contributed by atoms with Crippen LogP contribution in [0.4, 0.5) is 0 Å². The quantitative estimate of drug-likeness (QED) is 0.843. The molecule has 1 N–H and O–H groups in total. The fraction of sp³-hybridized carbons (Fsp3) is 0.643. The zero-order valence-electron chi connectivity index (χ0n) is 12.6. The lowest BCUT2D eigenvalue weighted by Gasteiger charge is -2.31. The molecule has 1 aliphatic heterocycles. The first kappa shape index (κ1) is 16.2. The van der Waals surface area contributed by atoms with Gasteiger partial charge in [-0.15, -0.1) is 0 Å². The summed E-state index contributed by atoms with van der Waals surface area (Å²) >= 11 is 0. The first-order valence-electron chi connectivity index (χ1n) is 7.14. The van der Waals surface area contributed by atoms with Crippen LogP contribution in [0.3, 0.4) is 0 Å². The molecule has 1 fully saturated rings. The van der Waals surface area contributed by atoms with E-state index in [4.69, 9.17) is 4.74 Å². The molecule has 2 rings (SSSR count). The molecule has 1 saturated heterocycles. The lowest BCUT2D eigenvalue weighted by Crippen LogP contribution is -2.42. The van der Waals surface area contributed by atoms with Gasteiger partial charge in [0.05, 0.1) is 13.4 Å². The zero-order valence-corrected chi connectivity index (χ0v) is 13.4. The third kappa shape index (κ3) is 4.94. The summed E-state index contributed by atoms with van der Waals surface area (Å²) in [5, 5.41) is 3.39. The maximum Gasteiger partial charge on any atom is 0.213 e. The average Bonchev–Trinajstić information content (AvgIpc) is 2.47. The molecule has 1 aliphatic rings. The summed E-state index contributed by atoms with van der Waals surface area (Å²) in [5.41, 5.74) is 1.11. The van der Waals surface area contributed by atoms with E-state index in [1.807, 2.05) is 12.1 Å². The summed E-state index contributed by atoms with van der Waals surface area (Å²) in [6, 6.07) is 3.84. The Balaban J connectivity index is 1.80. The molecule has 0 amide bonds. The topological polar surface area (TPSA) is 71.5 Å². The van der Waals surface area contributed by atoms with Crippen LogP contribution in [0.25, 0.3) is 0 Å². The fourth-order valence-corrected chi connectivity index (χ4v) is 3.53. The van der Waals surface area contributed by atoms with Crippen molar-refractivity contribution in [2.45, 2.75) is 19.4 Å². The molecule has 6 nitrogen and oxygen atoms in total. The van der Waals surface area contributed by atoms with Gasteiger partial charge in [0.25, 0.3) is 0 Å². The van der Waals surface area contributed by atoms with Crippen LogP contribution in [0.2, 0.25) is 0 Å². The van der Waals surface area contributed by atoms with E-state index in [1.165, 1.54) is 6.26 Å². The number of rotatable bonds is 6. The molecule has 0 radical (unpaired) electrons. The van der Waals surface area contributed by atoms with Gasteiger partial charge in [0.2, 0.25) is 15.9 Å². The van der Waals surface area contributed by atoms with E-state index in [0.29, 0.717) is 24.9 Å². The Labute approximate surface area is 126 Å². The number of sulfonamides is 1. The molecule has 0 saturated carbocycles. The van der Waals surface area contributed by atoms with E-state index in [1.54, 1.807) is 17.6 Å². The predicted molar refractivity (Wildman–Crippen MR) is 81.6 cm³/mol. The second-order valence-corrected chi connectivity index (χ2v) is 7.45. The Morgan fingerprint density at radius 2 is 2.33 bits per heavy atom. The number of hydrogen-bond acceptors (Lipinski definition) is 5. The highest BCUT2D eigenvalue weighted by Gasteiger charge is 2.25. The molecule has 1 atom stereocenters. The number of aromatic nitrogens is 1. The zero-order chi connectivity index (χ0) is 15.3. The van der Waals surface area contributed by atoms with Gasteiger partial charge in [-0.2, -0.15) is 0 Å². The van der Waals surface area contributed by atoms with Crippen molar-refractivity contribution in [2.75, 3.05) is 33.0 Å². The molecular weight excluding hydrogens is 290 g/mol. The minimum absolute atomic E-state index is 0.372. The maximum absolute atomic E-state index is 11.6. The second-order valence-electron chi connectivity index (χ2n) is 5.47. The van der Waals surface area contributed by atoms with Crippen molar-refractivity contribution in [3.8, 4) is 5.88 Å². The molecule has 21 heavy (non-hydrogen) atoms. The summed E-state index contributed by atoms with van der Waals surface area (Å²) in [7, 11) is -1.47. The highest BCUT2D eigenvalue weighted by molar-refractivity contribution is 7.88. The van der Waals surface area contributed by atoms with Crippen LogP contribution in [-0.2, 0) is 16.6 Å². The Kier molecular flexibility index (Phi) is 5.55. The van der Waals surface area contributed by atoms with Crippen molar-refractivity contribution in [3.63, 3.8) is 0 Å². The molecule has 0 aromatic carbocycles. The van der Waals surface area contributed by atoms with E-state index in [0.717, 1.165) is 31.5 Å². The molecular formula is C14H23N3O3S. The van der Waals surface area contributed by atoms with E-state index < -0.39 is 10.0 Å². The third-order valence-electron chi connectivity index (χ3n) is 3.72. The van der Waals surface area contributed by atoms with Crippen molar-refractivity contribution in [1.29, 1.82) is 0 Å². The lowest BCUT2D eigenvalue weighted by molar-refractivity contribution is 0.261. The van der Waals surface area contributed by atoms with Crippen LogP contribution in [0.1, 0.15) is 18.4 Å². The largest absolute Gasteiger partial charge is 0.481 e. The molecule has 1 aromatic rings. The summed E-state index contributed by atoms with van der Waals surface area (Å²) in [6.45, 7) is 2.81. The molecule has 1 unspecified atom stereocenters. The van der Waals surface area contributed by atoms with Crippen molar-refractivity contribution >= 4 is 10.0 Å². The first-order valence-corrected chi connectivity index (χ1v) is 8.98. The normalized spacial score (nSPS) is 20.4. The summed E-state index contributed by atoms with van der Waals surface area (Å²) in [5.74, 6) is 0.979. The van der Waals surface area contributed by atoms with Gasteiger partial charge in [0.1, 0.15) is 0 Å². The maximum atomic E-state index is 11.6. The van der Waals surface area contributed by atoms with Crippen LogP contribution < -0.4 is 10.1 Å². The van der Waals surface area contributed by atoms with Gasteiger partial charge < -0.3 is 10.1 Å². The van der Waals surface area contributed by atoms with Crippen molar-refractivity contribution in [1.82, 2.24) is 14.6 Å². The van der Waals surface area contributed by atoms with Crippen LogP contribution in [0, 0.1) is 5.92 Å². The first-order chi connectivity index (χ1) is 9.99. The predicted octanol–water partition coefficient (Wildman–Crippen LogP) is 0.851. The number of pyridine rings is 1. The number of nitrogens with zero attached hydrogens (tertiary/aromatic N) is 2. The van der Waals surface area contributed by atoms with Crippen molar-refractivity contribution in [3.05, 3.63) is 23.9 Å². The van der Waals surface area contributed by atoms with Crippen LogP contribution in [0.15, 0.2) is 18.3 Å². The molecule has 1 aromatic heterocycles. The monoisotopic (exact) mass is 313 g/mol. The van der Waals surface area contributed by atoms with Gasteiger partial charge >= 0.3 is 0 Å². The Bertz CT molecular complexity index is 562. The minimum atomic E-state index is -3.06. The highest BCUT2D eigenvalue weighted by atomic mass is 32.2. The number of nitrogens with one attached hydrogen (secondary N) is 1. The summed E-state index contributed by atoms with van der Waals surface area (Å²) < 4.78 is 29.8. The number of ether oxygens (including phenoxy) is 1. The van der Waals surface area contributed by atoms with Gasteiger partial charge in [-0.1, -0.05) is 0 Å². The standard InChI is InChI=1S/C14H23N3O3S/c1-20-14-8-12(5-6-16-14)9-15-10-13-4-3-7-17(11-13)21(2,18)19/h5-6,8,13,15H,3-4,7,9-11H2,1-2H3. The smallest absolute Gasteiger partial charge is 0.213 e. The Morgan fingerprint density at radius 1 is 1.52 bits per heavy atom.